The van der Waals surface area contributed by atoms with E-state index in [1.54, 1.807) is 23.8 Å². The van der Waals surface area contributed by atoms with Crippen LogP contribution in [0.4, 0.5) is 0 Å². The van der Waals surface area contributed by atoms with Gasteiger partial charge in [-0.1, -0.05) is 18.2 Å². The Morgan fingerprint density at radius 3 is 2.90 bits per heavy atom. The van der Waals surface area contributed by atoms with Crippen molar-refractivity contribution in [3.63, 3.8) is 0 Å². The first-order valence-electron chi connectivity index (χ1n) is 9.88. The highest BCUT2D eigenvalue weighted by Crippen LogP contribution is 2.18. The van der Waals surface area contributed by atoms with E-state index in [1.165, 1.54) is 0 Å². The number of nitrogens with one attached hydrogen (secondary N) is 3. The van der Waals surface area contributed by atoms with Gasteiger partial charge in [0.15, 0.2) is 0 Å². The van der Waals surface area contributed by atoms with Gasteiger partial charge in [-0.05, 0) is 49.4 Å². The highest BCUT2D eigenvalue weighted by Gasteiger charge is 2.26. The van der Waals surface area contributed by atoms with Gasteiger partial charge in [-0.3, -0.25) is 14.4 Å². The number of para-hydroxylation sites is 1. The van der Waals surface area contributed by atoms with Crippen LogP contribution < -0.4 is 16.2 Å². The number of fused-ring (bicyclic) bond motifs is 1. The van der Waals surface area contributed by atoms with Gasteiger partial charge < -0.3 is 20.2 Å². The third kappa shape index (κ3) is 3.81. The van der Waals surface area contributed by atoms with Crippen molar-refractivity contribution >= 4 is 22.7 Å². The van der Waals surface area contributed by atoms with Crippen LogP contribution >= 0.6 is 0 Å². The zero-order chi connectivity index (χ0) is 20.4. The molecule has 3 N–H and O–H groups in total. The molecule has 1 aliphatic heterocycles. The van der Waals surface area contributed by atoms with Crippen LogP contribution in [0, 0.1) is 6.92 Å². The molecule has 4 rings (SSSR count). The minimum absolute atomic E-state index is 0.102. The van der Waals surface area contributed by atoms with E-state index in [9.17, 15) is 14.4 Å². The first kappa shape index (κ1) is 19.0. The fourth-order valence-electron chi connectivity index (χ4n) is 3.84. The summed E-state index contributed by atoms with van der Waals surface area (Å²) in [6.45, 7) is 2.82. The molecule has 29 heavy (non-hydrogen) atoms. The fourth-order valence-corrected chi connectivity index (χ4v) is 3.84. The number of amides is 2. The van der Waals surface area contributed by atoms with Gasteiger partial charge in [0.1, 0.15) is 11.6 Å². The second-order valence-corrected chi connectivity index (χ2v) is 7.44. The zero-order valence-electron chi connectivity index (χ0n) is 16.3. The van der Waals surface area contributed by atoms with E-state index in [1.807, 2.05) is 30.5 Å². The third-order valence-corrected chi connectivity index (χ3v) is 5.49. The summed E-state index contributed by atoms with van der Waals surface area (Å²) in [6.07, 6.45) is 5.73. The Balaban J connectivity index is 1.54. The molecule has 1 saturated heterocycles. The van der Waals surface area contributed by atoms with Crippen molar-refractivity contribution in [3.8, 4) is 0 Å². The summed E-state index contributed by atoms with van der Waals surface area (Å²) < 4.78 is 1.56. The number of pyridine rings is 1. The SMILES string of the molecule is Cc1ccn(CCc2c[nH]c3ccccc23)c(=O)c1C(=O)NC1CCCNC1=O. The average Bonchev–Trinajstić information content (AvgIpc) is 3.12. The Labute approximate surface area is 168 Å². The molecular weight excluding hydrogens is 368 g/mol. The monoisotopic (exact) mass is 392 g/mol. The van der Waals surface area contributed by atoms with Crippen molar-refractivity contribution in [2.24, 2.45) is 0 Å². The number of hydrogen-bond acceptors (Lipinski definition) is 3. The van der Waals surface area contributed by atoms with Crippen LogP contribution in [-0.4, -0.2) is 34.0 Å². The van der Waals surface area contributed by atoms with E-state index in [2.05, 4.69) is 15.6 Å². The van der Waals surface area contributed by atoms with Crippen molar-refractivity contribution in [3.05, 3.63) is 69.8 Å². The predicted molar refractivity (Wildman–Crippen MR) is 111 cm³/mol. The summed E-state index contributed by atoms with van der Waals surface area (Å²) in [4.78, 5) is 40.9. The number of H-pyrrole nitrogens is 1. The lowest BCUT2D eigenvalue weighted by atomic mass is 10.1. The second kappa shape index (κ2) is 7.95. The van der Waals surface area contributed by atoms with Crippen LogP contribution in [0.2, 0.25) is 0 Å². The number of rotatable bonds is 5. The maximum Gasteiger partial charge on any atom is 0.263 e. The van der Waals surface area contributed by atoms with Crippen LogP contribution in [0.3, 0.4) is 0 Å². The summed E-state index contributed by atoms with van der Waals surface area (Å²) in [7, 11) is 0. The summed E-state index contributed by atoms with van der Waals surface area (Å²) in [6, 6.07) is 9.21. The number of carbonyl (C=O) groups excluding carboxylic acids is 2. The molecule has 7 heteroatoms. The van der Waals surface area contributed by atoms with E-state index in [0.717, 1.165) is 22.9 Å². The highest BCUT2D eigenvalue weighted by atomic mass is 16.2. The standard InChI is InChI=1S/C22H24N4O3/c1-14-8-11-26(12-9-15-13-24-17-6-3-2-5-16(15)17)22(29)19(14)21(28)25-18-7-4-10-23-20(18)27/h2-3,5-6,8,11,13,18,24H,4,7,9-10,12H2,1H3,(H,23,27)(H,25,28). The molecule has 1 aliphatic rings. The summed E-state index contributed by atoms with van der Waals surface area (Å²) in [5.41, 5.74) is 2.55. The summed E-state index contributed by atoms with van der Waals surface area (Å²) in [5.74, 6) is -0.686. The molecule has 0 aliphatic carbocycles. The van der Waals surface area contributed by atoms with Gasteiger partial charge in [0, 0.05) is 36.4 Å². The minimum atomic E-state index is -0.588. The van der Waals surface area contributed by atoms with Gasteiger partial charge in [0.05, 0.1) is 0 Å². The normalized spacial score (nSPS) is 16.6. The first-order valence-corrected chi connectivity index (χ1v) is 9.88. The largest absolute Gasteiger partial charge is 0.361 e. The fraction of sp³-hybridized carbons (Fsp3) is 0.318. The number of piperidine rings is 1. The number of aryl methyl sites for hydroxylation is 3. The van der Waals surface area contributed by atoms with Crippen molar-refractivity contribution in [1.82, 2.24) is 20.2 Å². The molecule has 3 heterocycles. The Morgan fingerprint density at radius 2 is 2.07 bits per heavy atom. The lowest BCUT2D eigenvalue weighted by Crippen LogP contribution is -2.51. The first-order chi connectivity index (χ1) is 14.0. The van der Waals surface area contributed by atoms with Crippen LogP contribution in [0.5, 0.6) is 0 Å². The van der Waals surface area contributed by atoms with Crippen molar-refractivity contribution in [1.29, 1.82) is 0 Å². The molecule has 0 radical (unpaired) electrons. The molecular formula is C22H24N4O3. The molecule has 150 valence electrons. The molecule has 1 unspecified atom stereocenters. The smallest absolute Gasteiger partial charge is 0.263 e. The molecule has 0 spiro atoms. The molecule has 3 aromatic rings. The van der Waals surface area contributed by atoms with Crippen LogP contribution in [0.25, 0.3) is 10.9 Å². The van der Waals surface area contributed by atoms with E-state index in [0.29, 0.717) is 31.5 Å². The molecule has 7 nitrogen and oxygen atoms in total. The number of nitrogens with zero attached hydrogens (tertiary/aromatic N) is 1. The average molecular weight is 392 g/mol. The van der Waals surface area contributed by atoms with Crippen molar-refractivity contribution in [2.75, 3.05) is 6.54 Å². The summed E-state index contributed by atoms with van der Waals surface area (Å²) in [5, 5.41) is 6.59. The van der Waals surface area contributed by atoms with E-state index in [4.69, 9.17) is 0 Å². The molecule has 2 amide bonds. The number of aromatic nitrogens is 2. The van der Waals surface area contributed by atoms with Crippen molar-refractivity contribution < 1.29 is 9.59 Å². The summed E-state index contributed by atoms with van der Waals surface area (Å²) >= 11 is 0. The van der Waals surface area contributed by atoms with Crippen LogP contribution in [0.1, 0.15) is 34.3 Å². The molecule has 2 aromatic heterocycles. The molecule has 0 saturated carbocycles. The molecule has 1 aromatic carbocycles. The quantitative estimate of drug-likeness (QED) is 0.619. The Hall–Kier alpha value is -3.35. The molecule has 0 bridgehead atoms. The Bertz CT molecular complexity index is 1130. The van der Waals surface area contributed by atoms with Gasteiger partial charge in [0.2, 0.25) is 5.91 Å². The van der Waals surface area contributed by atoms with Gasteiger partial charge in [0.25, 0.3) is 11.5 Å². The van der Waals surface area contributed by atoms with Gasteiger partial charge in [-0.15, -0.1) is 0 Å². The van der Waals surface area contributed by atoms with Gasteiger partial charge in [-0.25, -0.2) is 0 Å². The van der Waals surface area contributed by atoms with E-state index < -0.39 is 11.9 Å². The van der Waals surface area contributed by atoms with E-state index in [-0.39, 0.29) is 17.0 Å². The number of hydrogen-bond donors (Lipinski definition) is 3. The highest BCUT2D eigenvalue weighted by molar-refractivity contribution is 5.98. The Morgan fingerprint density at radius 1 is 1.24 bits per heavy atom. The maximum atomic E-state index is 13.0. The van der Waals surface area contributed by atoms with E-state index >= 15 is 0 Å². The van der Waals surface area contributed by atoms with Crippen LogP contribution in [-0.2, 0) is 17.8 Å². The minimum Gasteiger partial charge on any atom is -0.361 e. The predicted octanol–water partition coefficient (Wildman–Crippen LogP) is 1.89. The Kier molecular flexibility index (Phi) is 5.20. The second-order valence-electron chi connectivity index (χ2n) is 7.44. The molecule has 1 atom stereocenters. The zero-order valence-corrected chi connectivity index (χ0v) is 16.3. The lowest BCUT2D eigenvalue weighted by molar-refractivity contribution is -0.124. The number of carbonyl (C=O) groups is 2. The van der Waals surface area contributed by atoms with Crippen LogP contribution in [0.15, 0.2) is 47.5 Å². The topological polar surface area (TPSA) is 96.0 Å². The van der Waals surface area contributed by atoms with Gasteiger partial charge in [-0.2, -0.15) is 0 Å². The van der Waals surface area contributed by atoms with Gasteiger partial charge >= 0.3 is 0 Å². The third-order valence-electron chi connectivity index (χ3n) is 5.49. The number of benzene rings is 1. The van der Waals surface area contributed by atoms with Crippen molar-refractivity contribution in [2.45, 2.75) is 38.8 Å². The number of aromatic amines is 1. The molecule has 1 fully saturated rings. The lowest BCUT2D eigenvalue weighted by Gasteiger charge is -2.23. The maximum absolute atomic E-state index is 13.0.